The maximum Gasteiger partial charge on any atom is 0.312 e. The first-order valence-electron chi connectivity index (χ1n) is 5.45. The maximum absolute atomic E-state index is 11.4. The van der Waals surface area contributed by atoms with Crippen LogP contribution in [-0.4, -0.2) is 34.1 Å². The summed E-state index contributed by atoms with van der Waals surface area (Å²) in [5.41, 5.74) is 0.629. The molecule has 94 valence electrons. The molecule has 0 bridgehead atoms. The molecule has 1 aromatic heterocycles. The van der Waals surface area contributed by atoms with Crippen LogP contribution in [0.25, 0.3) is 0 Å². The fourth-order valence-corrected chi connectivity index (χ4v) is 2.41. The third-order valence-corrected chi connectivity index (χ3v) is 3.82. The number of hydrogen-bond acceptors (Lipinski definition) is 3. The van der Waals surface area contributed by atoms with Crippen LogP contribution in [0.4, 0.5) is 0 Å². The third kappa shape index (κ3) is 2.05. The Hall–Kier alpha value is -1.07. The van der Waals surface area contributed by atoms with Crippen molar-refractivity contribution in [3.05, 3.63) is 16.4 Å². The second kappa shape index (κ2) is 4.31. The molecule has 5 nitrogen and oxygen atoms in total. The molecule has 0 aromatic carbocycles. The predicted molar refractivity (Wildman–Crippen MR) is 62.2 cm³/mol. The van der Waals surface area contributed by atoms with Crippen LogP contribution in [0.5, 0.6) is 0 Å². The van der Waals surface area contributed by atoms with Crippen LogP contribution >= 0.6 is 11.6 Å². The zero-order chi connectivity index (χ0) is 12.6. The van der Waals surface area contributed by atoms with Gasteiger partial charge in [0.15, 0.2) is 0 Å². The highest BCUT2D eigenvalue weighted by Gasteiger charge is 2.43. The summed E-state index contributed by atoms with van der Waals surface area (Å²) in [6.45, 7) is 2.54. The monoisotopic (exact) mass is 258 g/mol. The van der Waals surface area contributed by atoms with E-state index in [0.717, 1.165) is 11.4 Å². The lowest BCUT2D eigenvalue weighted by atomic mass is 9.82. The summed E-state index contributed by atoms with van der Waals surface area (Å²) in [7, 11) is 1.78. The molecule has 0 aliphatic carbocycles. The van der Waals surface area contributed by atoms with Gasteiger partial charge in [0, 0.05) is 20.1 Å². The first-order valence-corrected chi connectivity index (χ1v) is 5.83. The van der Waals surface area contributed by atoms with E-state index in [-0.39, 0.29) is 6.61 Å². The van der Waals surface area contributed by atoms with Crippen LogP contribution in [-0.2, 0) is 23.0 Å². The number of halogens is 1. The van der Waals surface area contributed by atoms with Gasteiger partial charge in [-0.15, -0.1) is 0 Å². The average molecular weight is 259 g/mol. The van der Waals surface area contributed by atoms with Crippen molar-refractivity contribution >= 4 is 17.6 Å². The second-order valence-electron chi connectivity index (χ2n) is 4.53. The van der Waals surface area contributed by atoms with Crippen LogP contribution < -0.4 is 0 Å². The molecule has 1 aromatic rings. The summed E-state index contributed by atoms with van der Waals surface area (Å²) in [5, 5.41) is 14.1. The van der Waals surface area contributed by atoms with Gasteiger partial charge in [-0.1, -0.05) is 11.6 Å². The largest absolute Gasteiger partial charge is 0.481 e. The van der Waals surface area contributed by atoms with E-state index in [1.165, 1.54) is 0 Å². The van der Waals surface area contributed by atoms with E-state index < -0.39 is 11.4 Å². The van der Waals surface area contributed by atoms with Crippen molar-refractivity contribution in [1.82, 2.24) is 9.78 Å². The van der Waals surface area contributed by atoms with Gasteiger partial charge in [0.1, 0.15) is 0 Å². The Balaban J connectivity index is 2.33. The molecule has 1 aliphatic rings. The Morgan fingerprint density at radius 3 is 2.82 bits per heavy atom. The predicted octanol–water partition coefficient (Wildman–Crippen LogP) is 1.42. The molecule has 1 N–H and O–H groups in total. The van der Waals surface area contributed by atoms with E-state index in [2.05, 4.69) is 5.10 Å². The van der Waals surface area contributed by atoms with Gasteiger partial charge in [0.2, 0.25) is 0 Å². The van der Waals surface area contributed by atoms with Gasteiger partial charge in [0.25, 0.3) is 0 Å². The highest BCUT2D eigenvalue weighted by molar-refractivity contribution is 6.31. The van der Waals surface area contributed by atoms with E-state index in [1.54, 1.807) is 11.7 Å². The molecular formula is C11H15ClN2O3. The first kappa shape index (κ1) is 12.4. The fourth-order valence-electron chi connectivity index (χ4n) is 2.18. The number of carboxylic acids is 1. The minimum Gasteiger partial charge on any atom is -0.481 e. The van der Waals surface area contributed by atoms with E-state index in [0.29, 0.717) is 24.5 Å². The topological polar surface area (TPSA) is 64.4 Å². The Morgan fingerprint density at radius 2 is 2.41 bits per heavy atom. The number of rotatable bonds is 3. The zero-order valence-electron chi connectivity index (χ0n) is 9.86. The van der Waals surface area contributed by atoms with Crippen molar-refractivity contribution < 1.29 is 14.6 Å². The minimum atomic E-state index is -0.857. The smallest absolute Gasteiger partial charge is 0.312 e. The van der Waals surface area contributed by atoms with Crippen molar-refractivity contribution in [3.63, 3.8) is 0 Å². The highest BCUT2D eigenvalue weighted by atomic mass is 35.5. The Labute approximate surface area is 104 Å². The van der Waals surface area contributed by atoms with Gasteiger partial charge in [-0.05, 0) is 13.3 Å². The summed E-state index contributed by atoms with van der Waals surface area (Å²) in [5.74, 6) is -0.829. The number of carboxylic acid groups (broad SMARTS) is 1. The molecule has 2 rings (SSSR count). The molecule has 0 radical (unpaired) electrons. The van der Waals surface area contributed by atoms with Gasteiger partial charge in [-0.25, -0.2) is 0 Å². The van der Waals surface area contributed by atoms with Crippen LogP contribution in [0.2, 0.25) is 5.02 Å². The highest BCUT2D eigenvalue weighted by Crippen LogP contribution is 2.35. The number of nitrogens with zero attached hydrogens (tertiary/aromatic N) is 2. The molecule has 1 atom stereocenters. The van der Waals surface area contributed by atoms with Crippen molar-refractivity contribution in [2.75, 3.05) is 13.2 Å². The Kier molecular flexibility index (Phi) is 3.14. The van der Waals surface area contributed by atoms with Gasteiger partial charge in [0.05, 0.1) is 28.4 Å². The van der Waals surface area contributed by atoms with Crippen LogP contribution in [0.15, 0.2) is 0 Å². The molecule has 0 saturated carbocycles. The van der Waals surface area contributed by atoms with Crippen molar-refractivity contribution in [3.8, 4) is 0 Å². The number of aliphatic carboxylic acids is 1. The first-order chi connectivity index (χ1) is 7.96. The number of hydrogen-bond donors (Lipinski definition) is 1. The summed E-state index contributed by atoms with van der Waals surface area (Å²) >= 11 is 6.14. The SMILES string of the molecule is Cc1nn(C)c(CC2(C(=O)O)CCOC2)c1Cl. The molecule has 1 saturated heterocycles. The average Bonchev–Trinajstić information content (AvgIpc) is 2.81. The van der Waals surface area contributed by atoms with Crippen LogP contribution in [0.1, 0.15) is 17.8 Å². The quantitative estimate of drug-likeness (QED) is 0.891. The van der Waals surface area contributed by atoms with Crippen molar-refractivity contribution in [2.45, 2.75) is 19.8 Å². The Bertz CT molecular complexity index is 450. The second-order valence-corrected chi connectivity index (χ2v) is 4.91. The minimum absolute atomic E-state index is 0.239. The van der Waals surface area contributed by atoms with Crippen LogP contribution in [0.3, 0.4) is 0 Å². The summed E-state index contributed by atoms with van der Waals surface area (Å²) in [6, 6.07) is 0. The zero-order valence-corrected chi connectivity index (χ0v) is 10.6. The van der Waals surface area contributed by atoms with E-state index >= 15 is 0 Å². The third-order valence-electron chi connectivity index (χ3n) is 3.32. The molecule has 0 amide bonds. The number of aromatic nitrogens is 2. The molecule has 2 heterocycles. The van der Waals surface area contributed by atoms with Gasteiger partial charge >= 0.3 is 5.97 Å². The standard InChI is InChI=1S/C11H15ClN2O3/c1-7-9(12)8(14(2)13-7)5-11(10(15)16)3-4-17-6-11/h3-6H2,1-2H3,(H,15,16). The van der Waals surface area contributed by atoms with Gasteiger partial charge < -0.3 is 9.84 Å². The summed E-state index contributed by atoms with van der Waals surface area (Å²) in [4.78, 5) is 11.4. The fraction of sp³-hybridized carbons (Fsp3) is 0.636. The van der Waals surface area contributed by atoms with Crippen LogP contribution in [0, 0.1) is 12.3 Å². The van der Waals surface area contributed by atoms with E-state index in [1.807, 2.05) is 6.92 Å². The maximum atomic E-state index is 11.4. The molecule has 6 heteroatoms. The number of carbonyl (C=O) groups is 1. The summed E-state index contributed by atoms with van der Waals surface area (Å²) in [6.07, 6.45) is 0.876. The normalized spacial score (nSPS) is 24.2. The lowest BCUT2D eigenvalue weighted by molar-refractivity contribution is -0.148. The lowest BCUT2D eigenvalue weighted by Crippen LogP contribution is -2.34. The Morgan fingerprint density at radius 1 is 1.71 bits per heavy atom. The molecule has 1 aliphatic heterocycles. The molecule has 1 fully saturated rings. The van der Waals surface area contributed by atoms with E-state index in [4.69, 9.17) is 16.3 Å². The molecular weight excluding hydrogens is 244 g/mol. The number of aryl methyl sites for hydroxylation is 2. The van der Waals surface area contributed by atoms with E-state index in [9.17, 15) is 9.90 Å². The van der Waals surface area contributed by atoms with Crippen molar-refractivity contribution in [2.24, 2.45) is 12.5 Å². The van der Waals surface area contributed by atoms with Gasteiger partial charge in [-0.2, -0.15) is 5.10 Å². The summed E-state index contributed by atoms with van der Waals surface area (Å²) < 4.78 is 6.88. The molecule has 17 heavy (non-hydrogen) atoms. The molecule has 0 spiro atoms. The number of ether oxygens (including phenoxy) is 1. The molecule has 1 unspecified atom stereocenters. The van der Waals surface area contributed by atoms with Gasteiger partial charge in [-0.3, -0.25) is 9.48 Å². The van der Waals surface area contributed by atoms with Crippen molar-refractivity contribution in [1.29, 1.82) is 0 Å². The lowest BCUT2D eigenvalue weighted by Gasteiger charge is -2.22.